The third kappa shape index (κ3) is 6.96. The molecule has 1 aliphatic rings. The molecule has 3 rings (SSSR count). The molecule has 7 heteroatoms. The molecule has 29 heavy (non-hydrogen) atoms. The van der Waals surface area contributed by atoms with Gasteiger partial charge in [-0.1, -0.05) is 36.4 Å². The van der Waals surface area contributed by atoms with Crippen LogP contribution in [0.15, 0.2) is 48.5 Å². The van der Waals surface area contributed by atoms with Crippen LogP contribution in [0.5, 0.6) is 0 Å². The number of hydrogen-bond donors (Lipinski definition) is 2. The van der Waals surface area contributed by atoms with Gasteiger partial charge in [0.05, 0.1) is 11.9 Å². The minimum Gasteiger partial charge on any atom is -0.393 e. The zero-order valence-corrected chi connectivity index (χ0v) is 17.5. The van der Waals surface area contributed by atoms with Gasteiger partial charge in [0.2, 0.25) is 0 Å². The largest absolute Gasteiger partial charge is 0.393 e. The number of aliphatic hydroxyl groups is 1. The van der Waals surface area contributed by atoms with Gasteiger partial charge in [-0.15, -0.1) is 0 Å². The number of carbonyl (C=O) groups excluding carboxylic acids is 1. The van der Waals surface area contributed by atoms with Gasteiger partial charge in [-0.25, -0.2) is 8.42 Å². The summed E-state index contributed by atoms with van der Waals surface area (Å²) in [6, 6.07) is 14.8. The topological polar surface area (TPSA) is 86.7 Å². The van der Waals surface area contributed by atoms with Gasteiger partial charge >= 0.3 is 0 Å². The molecule has 0 saturated carbocycles. The Labute approximate surface area is 172 Å². The SMILES string of the molecule is CS(=O)(=O)Cc1ccc(C(=O)NCc2ccc(CN3CCC(O)CC3)cc2)cc1. The van der Waals surface area contributed by atoms with E-state index in [-0.39, 0.29) is 17.8 Å². The summed E-state index contributed by atoms with van der Waals surface area (Å²) < 4.78 is 22.7. The fraction of sp³-hybridized carbons (Fsp3) is 0.409. The predicted molar refractivity (Wildman–Crippen MR) is 113 cm³/mol. The molecule has 6 nitrogen and oxygen atoms in total. The molecule has 0 aliphatic carbocycles. The first kappa shape index (κ1) is 21.5. The summed E-state index contributed by atoms with van der Waals surface area (Å²) in [7, 11) is -3.09. The van der Waals surface area contributed by atoms with Crippen LogP contribution >= 0.6 is 0 Å². The lowest BCUT2D eigenvalue weighted by Gasteiger charge is -2.29. The minimum atomic E-state index is -3.09. The van der Waals surface area contributed by atoms with Gasteiger partial charge < -0.3 is 10.4 Å². The first-order chi connectivity index (χ1) is 13.8. The Hall–Kier alpha value is -2.22. The van der Waals surface area contributed by atoms with Gasteiger partial charge in [-0.05, 0) is 41.7 Å². The van der Waals surface area contributed by atoms with Crippen molar-refractivity contribution in [2.24, 2.45) is 0 Å². The van der Waals surface area contributed by atoms with Crippen molar-refractivity contribution in [1.82, 2.24) is 10.2 Å². The van der Waals surface area contributed by atoms with Crippen molar-refractivity contribution < 1.29 is 18.3 Å². The number of sulfone groups is 1. The Kier molecular flexibility index (Phi) is 7.05. The van der Waals surface area contributed by atoms with E-state index >= 15 is 0 Å². The van der Waals surface area contributed by atoms with E-state index in [9.17, 15) is 18.3 Å². The zero-order chi connectivity index (χ0) is 20.9. The van der Waals surface area contributed by atoms with Crippen LogP contribution in [0.25, 0.3) is 0 Å². The number of carbonyl (C=O) groups is 1. The summed E-state index contributed by atoms with van der Waals surface area (Å²) in [5, 5.41) is 12.5. The normalized spacial score (nSPS) is 15.9. The third-order valence-electron chi connectivity index (χ3n) is 5.08. The van der Waals surface area contributed by atoms with E-state index in [1.54, 1.807) is 24.3 Å². The molecule has 0 aromatic heterocycles. The molecule has 2 aromatic carbocycles. The molecule has 0 spiro atoms. The maximum atomic E-state index is 12.3. The molecule has 1 saturated heterocycles. The Morgan fingerprint density at radius 2 is 1.55 bits per heavy atom. The van der Waals surface area contributed by atoms with Gasteiger partial charge in [0.15, 0.2) is 9.84 Å². The molecule has 0 atom stereocenters. The highest BCUT2D eigenvalue weighted by Crippen LogP contribution is 2.14. The second kappa shape index (κ2) is 9.52. The van der Waals surface area contributed by atoms with Crippen molar-refractivity contribution in [3.05, 3.63) is 70.8 Å². The van der Waals surface area contributed by atoms with Crippen LogP contribution < -0.4 is 5.32 Å². The summed E-state index contributed by atoms with van der Waals surface area (Å²) in [5.74, 6) is -0.217. The molecule has 1 aliphatic heterocycles. The van der Waals surface area contributed by atoms with Gasteiger partial charge in [0, 0.05) is 38.0 Å². The van der Waals surface area contributed by atoms with E-state index in [1.807, 2.05) is 12.1 Å². The molecule has 0 bridgehead atoms. The van der Waals surface area contributed by atoms with Crippen LogP contribution in [0.1, 0.15) is 39.9 Å². The lowest BCUT2D eigenvalue weighted by molar-refractivity contribution is 0.0792. The Morgan fingerprint density at radius 3 is 2.14 bits per heavy atom. The van der Waals surface area contributed by atoms with Crippen molar-refractivity contribution in [2.75, 3.05) is 19.3 Å². The average molecular weight is 417 g/mol. The molecule has 0 unspecified atom stereocenters. The second-order valence-corrected chi connectivity index (χ2v) is 9.91. The molecule has 1 fully saturated rings. The average Bonchev–Trinajstić information content (AvgIpc) is 2.68. The fourth-order valence-electron chi connectivity index (χ4n) is 3.44. The molecule has 2 aromatic rings. The fourth-order valence-corrected chi connectivity index (χ4v) is 4.24. The van der Waals surface area contributed by atoms with Gasteiger partial charge in [-0.3, -0.25) is 9.69 Å². The van der Waals surface area contributed by atoms with Crippen LogP contribution in [0.4, 0.5) is 0 Å². The molecule has 1 heterocycles. The second-order valence-electron chi connectivity index (χ2n) is 7.77. The number of rotatable bonds is 7. The number of nitrogens with one attached hydrogen (secondary N) is 1. The number of likely N-dealkylation sites (tertiary alicyclic amines) is 1. The van der Waals surface area contributed by atoms with Gasteiger partial charge in [0.1, 0.15) is 0 Å². The van der Waals surface area contributed by atoms with Crippen LogP contribution in [-0.4, -0.2) is 49.8 Å². The first-order valence-corrected chi connectivity index (χ1v) is 11.9. The van der Waals surface area contributed by atoms with Crippen molar-refractivity contribution in [1.29, 1.82) is 0 Å². The third-order valence-corrected chi connectivity index (χ3v) is 5.94. The van der Waals surface area contributed by atoms with E-state index in [2.05, 4.69) is 22.3 Å². The highest BCUT2D eigenvalue weighted by atomic mass is 32.2. The lowest BCUT2D eigenvalue weighted by atomic mass is 10.1. The van der Waals surface area contributed by atoms with Crippen molar-refractivity contribution in [2.45, 2.75) is 37.8 Å². The van der Waals surface area contributed by atoms with Crippen LogP contribution in [0.3, 0.4) is 0 Å². The number of piperidine rings is 1. The number of aliphatic hydroxyl groups excluding tert-OH is 1. The molecule has 2 N–H and O–H groups in total. The van der Waals surface area contributed by atoms with E-state index in [1.165, 1.54) is 11.8 Å². The summed E-state index contributed by atoms with van der Waals surface area (Å²) in [6.07, 6.45) is 2.70. The predicted octanol–water partition coefficient (Wildman–Crippen LogP) is 2.12. The smallest absolute Gasteiger partial charge is 0.251 e. The van der Waals surface area contributed by atoms with Crippen molar-refractivity contribution in [3.63, 3.8) is 0 Å². The highest BCUT2D eigenvalue weighted by Gasteiger charge is 2.16. The Balaban J connectivity index is 1.48. The molecule has 0 radical (unpaired) electrons. The summed E-state index contributed by atoms with van der Waals surface area (Å²) in [5.41, 5.74) is 3.41. The summed E-state index contributed by atoms with van der Waals surface area (Å²) in [4.78, 5) is 14.7. The van der Waals surface area contributed by atoms with E-state index in [4.69, 9.17) is 0 Å². The lowest BCUT2D eigenvalue weighted by Crippen LogP contribution is -2.35. The zero-order valence-electron chi connectivity index (χ0n) is 16.7. The standard InChI is InChI=1S/C22H28N2O4S/c1-29(27,28)16-19-6-8-20(9-7-19)22(26)23-14-17-2-4-18(5-3-17)15-24-12-10-21(25)11-13-24/h2-9,21,25H,10-16H2,1H3,(H,23,26). The number of hydrogen-bond acceptors (Lipinski definition) is 5. The monoisotopic (exact) mass is 416 g/mol. The van der Waals surface area contributed by atoms with Gasteiger partial charge in [-0.2, -0.15) is 0 Å². The molecule has 1 amide bonds. The van der Waals surface area contributed by atoms with E-state index in [0.717, 1.165) is 38.0 Å². The van der Waals surface area contributed by atoms with E-state index in [0.29, 0.717) is 17.7 Å². The maximum absolute atomic E-state index is 12.3. The Morgan fingerprint density at radius 1 is 1.00 bits per heavy atom. The number of nitrogens with zero attached hydrogens (tertiary/aromatic N) is 1. The number of amides is 1. The first-order valence-electron chi connectivity index (χ1n) is 9.81. The van der Waals surface area contributed by atoms with Crippen LogP contribution in [0, 0.1) is 0 Å². The van der Waals surface area contributed by atoms with Crippen molar-refractivity contribution >= 4 is 15.7 Å². The van der Waals surface area contributed by atoms with Crippen molar-refractivity contribution in [3.8, 4) is 0 Å². The summed E-state index contributed by atoms with van der Waals surface area (Å²) in [6.45, 7) is 3.14. The summed E-state index contributed by atoms with van der Waals surface area (Å²) >= 11 is 0. The molecular formula is C22H28N2O4S. The Bertz CT molecular complexity index is 916. The van der Waals surface area contributed by atoms with Gasteiger partial charge in [0.25, 0.3) is 5.91 Å². The van der Waals surface area contributed by atoms with E-state index < -0.39 is 9.84 Å². The maximum Gasteiger partial charge on any atom is 0.251 e. The van der Waals surface area contributed by atoms with Crippen LogP contribution in [-0.2, 0) is 28.7 Å². The molecule has 156 valence electrons. The quantitative estimate of drug-likeness (QED) is 0.722. The minimum absolute atomic E-state index is 0.0285. The number of benzene rings is 2. The highest BCUT2D eigenvalue weighted by molar-refractivity contribution is 7.89. The van der Waals surface area contributed by atoms with Crippen LogP contribution in [0.2, 0.25) is 0 Å². The molecular weight excluding hydrogens is 388 g/mol.